The van der Waals surface area contributed by atoms with E-state index in [1.165, 1.54) is 23.1 Å². The summed E-state index contributed by atoms with van der Waals surface area (Å²) in [5.41, 5.74) is 1.58. The molecule has 0 bridgehead atoms. The zero-order chi connectivity index (χ0) is 24.4. The monoisotopic (exact) mass is 540 g/mol. The van der Waals surface area contributed by atoms with Crippen molar-refractivity contribution in [2.75, 3.05) is 11.9 Å². The van der Waals surface area contributed by atoms with E-state index < -0.39 is 36.3 Å². The van der Waals surface area contributed by atoms with Crippen LogP contribution in [0, 0.1) is 0 Å². The Kier molecular flexibility index (Phi) is 6.81. The summed E-state index contributed by atoms with van der Waals surface area (Å²) in [5.74, 6) is -2.29. The van der Waals surface area contributed by atoms with Gasteiger partial charge in [0, 0.05) is 4.47 Å². The van der Waals surface area contributed by atoms with Crippen LogP contribution < -0.4 is 5.32 Å². The van der Waals surface area contributed by atoms with E-state index in [9.17, 15) is 19.2 Å². The number of carbonyl (C=O) groups is 4. The first-order valence-corrected chi connectivity index (χ1v) is 11.4. The lowest BCUT2D eigenvalue weighted by Crippen LogP contribution is -2.32. The van der Waals surface area contributed by atoms with Gasteiger partial charge in [0.2, 0.25) is 0 Å². The number of nitrogens with zero attached hydrogens (tertiary/aromatic N) is 1. The lowest BCUT2D eigenvalue weighted by Gasteiger charge is -2.22. The molecular formula is C25H18BrClN2O5. The van der Waals surface area contributed by atoms with Crippen molar-refractivity contribution in [1.29, 1.82) is 0 Å². The van der Waals surface area contributed by atoms with Gasteiger partial charge in [-0.2, -0.15) is 0 Å². The third-order valence-corrected chi connectivity index (χ3v) is 6.17. The van der Waals surface area contributed by atoms with Crippen LogP contribution >= 0.6 is 27.5 Å². The summed E-state index contributed by atoms with van der Waals surface area (Å²) in [6.45, 7) is 1.22. The molecule has 0 radical (unpaired) electrons. The molecule has 3 amide bonds. The highest BCUT2D eigenvalue weighted by Gasteiger charge is 2.39. The number of halogens is 2. The van der Waals surface area contributed by atoms with Gasteiger partial charge in [-0.05, 0) is 48.9 Å². The van der Waals surface area contributed by atoms with Crippen molar-refractivity contribution in [2.24, 2.45) is 0 Å². The smallest absolute Gasteiger partial charge is 0.338 e. The first-order chi connectivity index (χ1) is 16.3. The molecule has 1 N–H and O–H groups in total. The minimum atomic E-state index is -0.797. The molecule has 0 fully saturated rings. The lowest BCUT2D eigenvalue weighted by molar-refractivity contribution is -0.119. The Labute approximate surface area is 208 Å². The van der Waals surface area contributed by atoms with Gasteiger partial charge < -0.3 is 10.1 Å². The highest BCUT2D eigenvalue weighted by Crippen LogP contribution is 2.32. The summed E-state index contributed by atoms with van der Waals surface area (Å²) >= 11 is 9.34. The molecule has 1 heterocycles. The number of ether oxygens (including phenoxy) is 1. The molecule has 7 nitrogen and oxygen atoms in total. The van der Waals surface area contributed by atoms with E-state index >= 15 is 0 Å². The number of nitrogens with one attached hydrogen (secondary N) is 1. The molecule has 1 aliphatic rings. The minimum absolute atomic E-state index is 0.0589. The molecule has 172 valence electrons. The Morgan fingerprint density at radius 2 is 1.71 bits per heavy atom. The molecule has 1 atom stereocenters. The molecular weight excluding hydrogens is 524 g/mol. The summed E-state index contributed by atoms with van der Waals surface area (Å²) in [5, 5.41) is 2.88. The standard InChI is InChI=1S/C25H18BrClN2O5/c1-14(15-5-3-2-4-6-15)29-23(31)18-9-7-16(11-19(18)24(29)32)25(33)34-13-22(30)28-21-10-8-17(26)12-20(21)27/h2-12,14H,13H2,1H3,(H,28,30)/t14-/m1/s1. The first kappa shape index (κ1) is 23.7. The Hall–Kier alpha value is -3.49. The summed E-state index contributed by atoms with van der Waals surface area (Å²) in [6, 6.07) is 17.8. The van der Waals surface area contributed by atoms with Crippen LogP contribution in [0.25, 0.3) is 0 Å². The van der Waals surface area contributed by atoms with Gasteiger partial charge in [-0.1, -0.05) is 57.9 Å². The highest BCUT2D eigenvalue weighted by molar-refractivity contribution is 9.10. The molecule has 0 unspecified atom stereocenters. The highest BCUT2D eigenvalue weighted by atomic mass is 79.9. The third kappa shape index (κ3) is 4.73. The van der Waals surface area contributed by atoms with Crippen molar-refractivity contribution >= 4 is 56.9 Å². The van der Waals surface area contributed by atoms with Crippen molar-refractivity contribution in [1.82, 2.24) is 4.90 Å². The summed E-state index contributed by atoms with van der Waals surface area (Å²) < 4.78 is 5.83. The second-order valence-electron chi connectivity index (χ2n) is 7.58. The van der Waals surface area contributed by atoms with Gasteiger partial charge in [0.25, 0.3) is 17.7 Å². The van der Waals surface area contributed by atoms with Crippen molar-refractivity contribution in [3.63, 3.8) is 0 Å². The van der Waals surface area contributed by atoms with Crippen molar-refractivity contribution in [3.05, 3.63) is 98.5 Å². The number of hydrogen-bond donors (Lipinski definition) is 1. The van der Waals surface area contributed by atoms with Crippen molar-refractivity contribution in [3.8, 4) is 0 Å². The number of anilines is 1. The number of carbonyl (C=O) groups excluding carboxylic acids is 4. The number of esters is 1. The molecule has 0 spiro atoms. The van der Waals surface area contributed by atoms with Crippen molar-refractivity contribution in [2.45, 2.75) is 13.0 Å². The molecule has 9 heteroatoms. The number of hydrogen-bond acceptors (Lipinski definition) is 5. The summed E-state index contributed by atoms with van der Waals surface area (Å²) in [6.07, 6.45) is 0. The third-order valence-electron chi connectivity index (χ3n) is 5.36. The van der Waals surface area contributed by atoms with E-state index in [2.05, 4.69) is 21.2 Å². The van der Waals surface area contributed by atoms with E-state index in [4.69, 9.17) is 16.3 Å². The van der Waals surface area contributed by atoms with E-state index in [0.717, 1.165) is 10.0 Å². The number of imide groups is 1. The predicted molar refractivity (Wildman–Crippen MR) is 130 cm³/mol. The summed E-state index contributed by atoms with van der Waals surface area (Å²) in [4.78, 5) is 51.7. The van der Waals surface area contributed by atoms with Crippen LogP contribution in [-0.4, -0.2) is 35.2 Å². The van der Waals surface area contributed by atoms with Gasteiger partial charge >= 0.3 is 5.97 Å². The van der Waals surface area contributed by atoms with Crippen LogP contribution in [-0.2, 0) is 9.53 Å². The largest absolute Gasteiger partial charge is 0.452 e. The molecule has 34 heavy (non-hydrogen) atoms. The zero-order valence-corrected chi connectivity index (χ0v) is 20.2. The van der Waals surface area contributed by atoms with E-state index in [1.54, 1.807) is 25.1 Å². The van der Waals surface area contributed by atoms with Gasteiger partial charge in [-0.15, -0.1) is 0 Å². The quantitative estimate of drug-likeness (QED) is 0.340. The summed E-state index contributed by atoms with van der Waals surface area (Å²) in [7, 11) is 0. The van der Waals surface area contributed by atoms with E-state index in [1.807, 2.05) is 30.3 Å². The predicted octanol–water partition coefficient (Wildman–Crippen LogP) is 5.26. The number of benzene rings is 3. The average molecular weight is 542 g/mol. The van der Waals surface area contributed by atoms with Crippen LogP contribution in [0.15, 0.2) is 71.2 Å². The Balaban J connectivity index is 1.44. The first-order valence-electron chi connectivity index (χ1n) is 10.2. The maximum absolute atomic E-state index is 13.0. The Bertz CT molecular complexity index is 1310. The fourth-order valence-electron chi connectivity index (χ4n) is 3.61. The molecule has 1 aliphatic heterocycles. The van der Waals surface area contributed by atoms with Crippen LogP contribution in [0.4, 0.5) is 5.69 Å². The second kappa shape index (κ2) is 9.79. The van der Waals surface area contributed by atoms with Crippen molar-refractivity contribution < 1.29 is 23.9 Å². The maximum atomic E-state index is 13.0. The molecule has 0 aliphatic carbocycles. The molecule has 0 aromatic heterocycles. The van der Waals surface area contributed by atoms with Gasteiger partial charge in [-0.3, -0.25) is 19.3 Å². The zero-order valence-electron chi connectivity index (χ0n) is 17.9. The van der Waals surface area contributed by atoms with Gasteiger partial charge in [0.1, 0.15) is 0 Å². The molecule has 3 aromatic rings. The Morgan fingerprint density at radius 3 is 2.41 bits per heavy atom. The van der Waals surface area contributed by atoms with Gasteiger partial charge in [-0.25, -0.2) is 4.79 Å². The Morgan fingerprint density at radius 1 is 1.00 bits per heavy atom. The maximum Gasteiger partial charge on any atom is 0.338 e. The number of amides is 3. The van der Waals surface area contributed by atoms with Crippen LogP contribution in [0.1, 0.15) is 49.6 Å². The molecule has 3 aromatic carbocycles. The fourth-order valence-corrected chi connectivity index (χ4v) is 4.33. The topological polar surface area (TPSA) is 92.8 Å². The van der Waals surface area contributed by atoms with Crippen LogP contribution in [0.3, 0.4) is 0 Å². The fraction of sp³-hybridized carbons (Fsp3) is 0.120. The number of rotatable bonds is 6. The molecule has 4 rings (SSSR count). The second-order valence-corrected chi connectivity index (χ2v) is 8.90. The van der Waals surface area contributed by atoms with Gasteiger partial charge in [0.15, 0.2) is 6.61 Å². The van der Waals surface area contributed by atoms with Crippen LogP contribution in [0.2, 0.25) is 5.02 Å². The normalized spacial score (nSPS) is 13.4. The van der Waals surface area contributed by atoms with Gasteiger partial charge in [0.05, 0.1) is 33.4 Å². The lowest BCUT2D eigenvalue weighted by atomic mass is 10.1. The van der Waals surface area contributed by atoms with Crippen LogP contribution in [0.5, 0.6) is 0 Å². The average Bonchev–Trinajstić information content (AvgIpc) is 3.08. The number of fused-ring (bicyclic) bond motifs is 1. The van der Waals surface area contributed by atoms with E-state index in [0.29, 0.717) is 10.7 Å². The molecule has 0 saturated carbocycles. The molecule has 0 saturated heterocycles. The van der Waals surface area contributed by atoms with E-state index in [-0.39, 0.29) is 16.7 Å². The SMILES string of the molecule is C[C@H](c1ccccc1)N1C(=O)c2ccc(C(=O)OCC(=O)Nc3ccc(Br)cc3Cl)cc2C1=O. The minimum Gasteiger partial charge on any atom is -0.452 e.